The van der Waals surface area contributed by atoms with Crippen molar-refractivity contribution in [3.63, 3.8) is 0 Å². The van der Waals surface area contributed by atoms with E-state index in [9.17, 15) is 9.18 Å². The summed E-state index contributed by atoms with van der Waals surface area (Å²) in [4.78, 5) is 11.7. The Morgan fingerprint density at radius 2 is 2.25 bits per heavy atom. The summed E-state index contributed by atoms with van der Waals surface area (Å²) in [6, 6.07) is 2.94. The molecule has 1 aromatic heterocycles. The van der Waals surface area contributed by atoms with E-state index in [4.69, 9.17) is 0 Å². The lowest BCUT2D eigenvalue weighted by molar-refractivity contribution is 0.0913. The van der Waals surface area contributed by atoms with Crippen LogP contribution in [0.15, 0.2) is 12.1 Å². The Balaban J connectivity index is 2.00. The molecule has 1 aliphatic rings. The van der Waals surface area contributed by atoms with Crippen molar-refractivity contribution in [1.29, 1.82) is 0 Å². The molecule has 2 atom stereocenters. The predicted octanol–water partition coefficient (Wildman–Crippen LogP) is 1.41. The van der Waals surface area contributed by atoms with Gasteiger partial charge in [0.05, 0.1) is 11.7 Å². The number of carbonyl (C=O) groups is 1. The third-order valence-corrected chi connectivity index (χ3v) is 2.78. The minimum Gasteiger partial charge on any atom is -0.345 e. The van der Waals surface area contributed by atoms with Gasteiger partial charge in [0.15, 0.2) is 5.69 Å². The Morgan fingerprint density at radius 1 is 1.44 bits per heavy atom. The topological polar surface area (TPSA) is 54.9 Å². The van der Waals surface area contributed by atoms with Crippen LogP contribution in [0.3, 0.4) is 0 Å². The zero-order valence-corrected chi connectivity index (χ0v) is 9.11. The molecule has 5 heteroatoms. The Morgan fingerprint density at radius 3 is 2.81 bits per heavy atom. The van der Waals surface area contributed by atoms with Gasteiger partial charge in [-0.1, -0.05) is 0 Å². The Kier molecular flexibility index (Phi) is 3.12. The molecule has 0 aromatic carbocycles. The molecule has 1 fully saturated rings. The molecule has 1 aromatic rings. The molecule has 16 heavy (non-hydrogen) atoms. The molecule has 1 saturated carbocycles. The number of aromatic nitrogens is 2. The second kappa shape index (κ2) is 4.55. The zero-order valence-electron chi connectivity index (χ0n) is 9.11. The van der Waals surface area contributed by atoms with Crippen molar-refractivity contribution < 1.29 is 9.18 Å². The van der Waals surface area contributed by atoms with Crippen LogP contribution in [0.25, 0.3) is 0 Å². The van der Waals surface area contributed by atoms with E-state index in [0.29, 0.717) is 12.8 Å². The molecule has 0 unspecified atom stereocenters. The van der Waals surface area contributed by atoms with Crippen LogP contribution in [0.1, 0.15) is 35.4 Å². The number of aryl methyl sites for hydroxylation is 1. The summed E-state index contributed by atoms with van der Waals surface area (Å²) >= 11 is 0. The van der Waals surface area contributed by atoms with Crippen LogP contribution >= 0.6 is 0 Å². The van der Waals surface area contributed by atoms with Gasteiger partial charge in [-0.15, -0.1) is 5.10 Å². The molecule has 0 aliphatic heterocycles. The molecular weight excluding hydrogens is 209 g/mol. The summed E-state index contributed by atoms with van der Waals surface area (Å²) in [6.45, 7) is 1.79. The molecule has 2 rings (SSSR count). The van der Waals surface area contributed by atoms with E-state index >= 15 is 0 Å². The van der Waals surface area contributed by atoms with Gasteiger partial charge in [-0.2, -0.15) is 5.10 Å². The first-order valence-electron chi connectivity index (χ1n) is 5.42. The second-order valence-electron chi connectivity index (χ2n) is 4.09. The fourth-order valence-corrected chi connectivity index (χ4v) is 1.84. The van der Waals surface area contributed by atoms with Gasteiger partial charge in [-0.25, -0.2) is 4.39 Å². The monoisotopic (exact) mass is 223 g/mol. The van der Waals surface area contributed by atoms with Crippen molar-refractivity contribution in [2.24, 2.45) is 0 Å². The number of amides is 1. The largest absolute Gasteiger partial charge is 0.345 e. The molecule has 0 radical (unpaired) electrons. The smallest absolute Gasteiger partial charge is 0.272 e. The highest BCUT2D eigenvalue weighted by atomic mass is 19.1. The first-order valence-corrected chi connectivity index (χ1v) is 5.42. The second-order valence-corrected chi connectivity index (χ2v) is 4.09. The molecule has 1 amide bonds. The molecular formula is C11H14FN3O. The maximum atomic E-state index is 13.3. The first-order chi connectivity index (χ1) is 7.66. The van der Waals surface area contributed by atoms with Gasteiger partial charge in [-0.05, 0) is 38.3 Å². The van der Waals surface area contributed by atoms with Gasteiger partial charge < -0.3 is 5.32 Å². The van der Waals surface area contributed by atoms with E-state index < -0.39 is 6.17 Å². The lowest BCUT2D eigenvalue weighted by Crippen LogP contribution is -2.38. The standard InChI is InChI=1S/C11H14FN3O/c1-7-5-6-10(15-14-7)11(16)13-9-4-2-3-8(9)12/h5-6,8-9H,2-4H2,1H3,(H,13,16)/t8-,9+/m0/s1. The molecule has 0 spiro atoms. The molecule has 1 aliphatic carbocycles. The van der Waals surface area contributed by atoms with Crippen molar-refractivity contribution >= 4 is 5.91 Å². The first kappa shape index (κ1) is 11.0. The fraction of sp³-hybridized carbons (Fsp3) is 0.545. The normalized spacial score (nSPS) is 24.4. The molecule has 1 heterocycles. The Bertz CT molecular complexity index is 379. The summed E-state index contributed by atoms with van der Waals surface area (Å²) in [7, 11) is 0. The van der Waals surface area contributed by atoms with Crippen molar-refractivity contribution in [1.82, 2.24) is 15.5 Å². The lowest BCUT2D eigenvalue weighted by Gasteiger charge is -2.14. The molecule has 86 valence electrons. The highest BCUT2D eigenvalue weighted by molar-refractivity contribution is 5.92. The average Bonchev–Trinajstić information content (AvgIpc) is 2.65. The zero-order chi connectivity index (χ0) is 11.5. The summed E-state index contributed by atoms with van der Waals surface area (Å²) < 4.78 is 13.3. The highest BCUT2D eigenvalue weighted by Crippen LogP contribution is 2.22. The molecule has 0 bridgehead atoms. The van der Waals surface area contributed by atoms with Crippen LogP contribution in [0.2, 0.25) is 0 Å². The Hall–Kier alpha value is -1.52. The maximum absolute atomic E-state index is 13.3. The number of nitrogens with one attached hydrogen (secondary N) is 1. The molecule has 1 N–H and O–H groups in total. The quantitative estimate of drug-likeness (QED) is 0.824. The van der Waals surface area contributed by atoms with Crippen molar-refractivity contribution in [2.45, 2.75) is 38.4 Å². The summed E-state index contributed by atoms with van der Waals surface area (Å²) in [5.74, 6) is -0.345. The SMILES string of the molecule is Cc1ccc(C(=O)N[C@@H]2CCC[C@@H]2F)nn1. The van der Waals surface area contributed by atoms with Crippen LogP contribution in [0.4, 0.5) is 4.39 Å². The van der Waals surface area contributed by atoms with Crippen LogP contribution in [-0.4, -0.2) is 28.3 Å². The number of alkyl halides is 1. The number of halogens is 1. The summed E-state index contributed by atoms with van der Waals surface area (Å²) in [6.07, 6.45) is 1.13. The van der Waals surface area contributed by atoms with E-state index in [-0.39, 0.29) is 17.6 Å². The van der Waals surface area contributed by atoms with Gasteiger partial charge in [0.2, 0.25) is 0 Å². The molecule has 4 nitrogen and oxygen atoms in total. The minimum atomic E-state index is -0.928. The third-order valence-electron chi connectivity index (χ3n) is 2.78. The summed E-state index contributed by atoms with van der Waals surface area (Å²) in [5.41, 5.74) is 0.991. The van der Waals surface area contributed by atoms with E-state index in [1.54, 1.807) is 19.1 Å². The van der Waals surface area contributed by atoms with E-state index in [1.807, 2.05) is 0 Å². The Labute approximate surface area is 93.3 Å². The summed E-state index contributed by atoms with van der Waals surface area (Å²) in [5, 5.41) is 10.2. The maximum Gasteiger partial charge on any atom is 0.272 e. The minimum absolute atomic E-state index is 0.240. The van der Waals surface area contributed by atoms with E-state index in [0.717, 1.165) is 12.1 Å². The van der Waals surface area contributed by atoms with Crippen LogP contribution < -0.4 is 5.32 Å². The number of hydrogen-bond acceptors (Lipinski definition) is 3. The van der Waals surface area contributed by atoms with Gasteiger partial charge >= 0.3 is 0 Å². The third kappa shape index (κ3) is 2.35. The highest BCUT2D eigenvalue weighted by Gasteiger charge is 2.28. The number of carbonyl (C=O) groups excluding carboxylic acids is 1. The van der Waals surface area contributed by atoms with Gasteiger partial charge in [0.25, 0.3) is 5.91 Å². The van der Waals surface area contributed by atoms with E-state index in [2.05, 4.69) is 15.5 Å². The number of rotatable bonds is 2. The van der Waals surface area contributed by atoms with Crippen molar-refractivity contribution in [2.75, 3.05) is 0 Å². The van der Waals surface area contributed by atoms with Gasteiger partial charge in [-0.3, -0.25) is 4.79 Å². The lowest BCUT2D eigenvalue weighted by atomic mass is 10.2. The predicted molar refractivity (Wildman–Crippen MR) is 56.8 cm³/mol. The fourth-order valence-electron chi connectivity index (χ4n) is 1.84. The average molecular weight is 223 g/mol. The van der Waals surface area contributed by atoms with Gasteiger partial charge in [0, 0.05) is 0 Å². The van der Waals surface area contributed by atoms with Crippen molar-refractivity contribution in [3.8, 4) is 0 Å². The molecule has 0 saturated heterocycles. The number of hydrogen-bond donors (Lipinski definition) is 1. The van der Waals surface area contributed by atoms with Crippen molar-refractivity contribution in [3.05, 3.63) is 23.5 Å². The van der Waals surface area contributed by atoms with Crippen LogP contribution in [0.5, 0.6) is 0 Å². The van der Waals surface area contributed by atoms with E-state index in [1.165, 1.54) is 0 Å². The van der Waals surface area contributed by atoms with Crippen LogP contribution in [-0.2, 0) is 0 Å². The van der Waals surface area contributed by atoms with Gasteiger partial charge in [0.1, 0.15) is 6.17 Å². The van der Waals surface area contributed by atoms with Crippen LogP contribution in [0, 0.1) is 6.92 Å². The number of nitrogens with zero attached hydrogens (tertiary/aromatic N) is 2.